The zero-order valence-electron chi connectivity index (χ0n) is 14.6. The van der Waals surface area contributed by atoms with E-state index in [9.17, 15) is 4.79 Å². The first-order chi connectivity index (χ1) is 10.3. The Labute approximate surface area is 138 Å². The average Bonchev–Trinajstić information content (AvgIpc) is 2.48. The monoisotopic (exact) mass is 314 g/mol. The van der Waals surface area contributed by atoms with Crippen LogP contribution in [0, 0.1) is 0 Å². The predicted octanol–water partition coefficient (Wildman–Crippen LogP) is 7.14. The zero-order valence-corrected chi connectivity index (χ0v) is 15.4. The smallest absolute Gasteiger partial charge is 0.188 e. The molecular weight excluding hydrogens is 276 g/mol. The van der Waals surface area contributed by atoms with E-state index in [2.05, 4.69) is 6.92 Å². The molecule has 0 amide bonds. The fraction of sp³-hybridized carbons (Fsp3) is 0.947. The molecule has 0 fully saturated rings. The van der Waals surface area contributed by atoms with Crippen LogP contribution in [-0.2, 0) is 4.79 Å². The summed E-state index contributed by atoms with van der Waals surface area (Å²) in [6.07, 6.45) is 20.1. The number of unbranched alkanes of at least 4 members (excludes halogenated alkanes) is 13. The second-order valence-electron chi connectivity index (χ2n) is 6.15. The van der Waals surface area contributed by atoms with Gasteiger partial charge in [-0.15, -0.1) is 0 Å². The SMILES string of the molecule is CCCCCCCCCCCCCCCCC(=O)SCC. The maximum Gasteiger partial charge on any atom is 0.188 e. The fourth-order valence-corrected chi connectivity index (χ4v) is 3.31. The van der Waals surface area contributed by atoms with Gasteiger partial charge in [-0.1, -0.05) is 109 Å². The van der Waals surface area contributed by atoms with Crippen molar-refractivity contribution in [2.24, 2.45) is 0 Å². The van der Waals surface area contributed by atoms with Crippen molar-refractivity contribution < 1.29 is 4.79 Å². The number of thioether (sulfide) groups is 1. The molecule has 0 N–H and O–H groups in total. The summed E-state index contributed by atoms with van der Waals surface area (Å²) in [6, 6.07) is 0. The number of hydrogen-bond donors (Lipinski definition) is 0. The molecule has 0 saturated carbocycles. The van der Waals surface area contributed by atoms with Crippen molar-refractivity contribution in [1.82, 2.24) is 0 Å². The Morgan fingerprint density at radius 2 is 1.00 bits per heavy atom. The van der Waals surface area contributed by atoms with Gasteiger partial charge in [-0.25, -0.2) is 0 Å². The van der Waals surface area contributed by atoms with E-state index in [4.69, 9.17) is 0 Å². The molecule has 0 spiro atoms. The quantitative estimate of drug-likeness (QED) is 0.282. The molecule has 1 nitrogen and oxygen atoms in total. The van der Waals surface area contributed by atoms with E-state index in [1.165, 1.54) is 95.2 Å². The summed E-state index contributed by atoms with van der Waals surface area (Å²) in [6.45, 7) is 4.33. The first-order valence-corrected chi connectivity index (χ1v) is 10.5. The number of rotatable bonds is 16. The lowest BCUT2D eigenvalue weighted by Gasteiger charge is -2.03. The molecule has 0 radical (unpaired) electrons. The average molecular weight is 315 g/mol. The van der Waals surface area contributed by atoms with Crippen molar-refractivity contribution in [2.45, 2.75) is 110 Å². The highest BCUT2D eigenvalue weighted by atomic mass is 32.2. The van der Waals surface area contributed by atoms with Gasteiger partial charge in [0.15, 0.2) is 5.12 Å². The van der Waals surface area contributed by atoms with Gasteiger partial charge in [0, 0.05) is 6.42 Å². The van der Waals surface area contributed by atoms with Crippen LogP contribution in [-0.4, -0.2) is 10.9 Å². The van der Waals surface area contributed by atoms with Crippen LogP contribution in [0.15, 0.2) is 0 Å². The second-order valence-corrected chi connectivity index (χ2v) is 7.47. The summed E-state index contributed by atoms with van der Waals surface area (Å²) in [5.41, 5.74) is 0. The Bertz CT molecular complexity index is 216. The first-order valence-electron chi connectivity index (χ1n) is 9.46. The highest BCUT2D eigenvalue weighted by Gasteiger charge is 2.00. The van der Waals surface area contributed by atoms with Gasteiger partial charge in [-0.2, -0.15) is 0 Å². The maximum atomic E-state index is 11.3. The van der Waals surface area contributed by atoms with Crippen molar-refractivity contribution >= 4 is 16.9 Å². The van der Waals surface area contributed by atoms with Gasteiger partial charge in [0.05, 0.1) is 0 Å². The summed E-state index contributed by atoms with van der Waals surface area (Å²) in [4.78, 5) is 11.3. The van der Waals surface area contributed by atoms with E-state index in [0.717, 1.165) is 18.6 Å². The topological polar surface area (TPSA) is 17.1 Å². The van der Waals surface area contributed by atoms with E-state index in [-0.39, 0.29) is 0 Å². The summed E-state index contributed by atoms with van der Waals surface area (Å²) in [7, 11) is 0. The van der Waals surface area contributed by atoms with Crippen LogP contribution in [0.3, 0.4) is 0 Å². The van der Waals surface area contributed by atoms with Gasteiger partial charge in [0.1, 0.15) is 0 Å². The molecule has 21 heavy (non-hydrogen) atoms. The molecule has 0 aromatic heterocycles. The zero-order chi connectivity index (χ0) is 15.6. The van der Waals surface area contributed by atoms with Gasteiger partial charge in [0.25, 0.3) is 0 Å². The minimum Gasteiger partial charge on any atom is -0.287 e. The highest BCUT2D eigenvalue weighted by molar-refractivity contribution is 8.13. The molecule has 0 aromatic rings. The van der Waals surface area contributed by atoms with Crippen LogP contribution >= 0.6 is 11.8 Å². The molecule has 0 atom stereocenters. The van der Waals surface area contributed by atoms with E-state index in [1.54, 1.807) is 0 Å². The van der Waals surface area contributed by atoms with Crippen molar-refractivity contribution in [3.05, 3.63) is 0 Å². The molecule has 0 aromatic carbocycles. The van der Waals surface area contributed by atoms with Gasteiger partial charge in [-0.05, 0) is 12.2 Å². The summed E-state index contributed by atoms with van der Waals surface area (Å²) in [5.74, 6) is 0.928. The lowest BCUT2D eigenvalue weighted by atomic mass is 10.0. The minimum atomic E-state index is 0.386. The minimum absolute atomic E-state index is 0.386. The number of carbonyl (C=O) groups is 1. The molecule has 126 valence electrons. The van der Waals surface area contributed by atoms with Gasteiger partial charge < -0.3 is 0 Å². The molecule has 0 saturated heterocycles. The maximum absolute atomic E-state index is 11.3. The first kappa shape index (κ1) is 21.0. The molecule has 0 unspecified atom stereocenters. The van der Waals surface area contributed by atoms with Crippen LogP contribution in [0.1, 0.15) is 110 Å². The third-order valence-corrected chi connectivity index (χ3v) is 4.85. The Morgan fingerprint density at radius 1 is 0.619 bits per heavy atom. The number of carbonyl (C=O) groups excluding carboxylic acids is 1. The van der Waals surface area contributed by atoms with Gasteiger partial charge in [-0.3, -0.25) is 4.79 Å². The van der Waals surface area contributed by atoms with Crippen molar-refractivity contribution in [2.75, 3.05) is 5.75 Å². The van der Waals surface area contributed by atoms with Crippen molar-refractivity contribution in [3.63, 3.8) is 0 Å². The molecule has 0 bridgehead atoms. The second kappa shape index (κ2) is 18.1. The summed E-state index contributed by atoms with van der Waals surface area (Å²) < 4.78 is 0. The number of hydrogen-bond acceptors (Lipinski definition) is 2. The van der Waals surface area contributed by atoms with Gasteiger partial charge in [0.2, 0.25) is 0 Å². The third kappa shape index (κ3) is 18.0. The molecule has 0 aliphatic carbocycles. The summed E-state index contributed by atoms with van der Waals surface area (Å²) in [5, 5.41) is 0.386. The van der Waals surface area contributed by atoms with Crippen LogP contribution in [0.25, 0.3) is 0 Å². The molecule has 2 heteroatoms. The van der Waals surface area contributed by atoms with Crippen LogP contribution < -0.4 is 0 Å². The van der Waals surface area contributed by atoms with E-state index in [1.807, 2.05) is 6.92 Å². The standard InChI is InChI=1S/C19H38OS/c1-3-5-6-7-8-9-10-11-12-13-14-15-16-17-18-19(20)21-4-2/h3-18H2,1-2H3. The molecule has 0 aliphatic heterocycles. The molecule has 0 rings (SSSR count). The van der Waals surface area contributed by atoms with E-state index >= 15 is 0 Å². The Kier molecular flexibility index (Phi) is 18.1. The molecule has 0 heterocycles. The van der Waals surface area contributed by atoms with Crippen LogP contribution in [0.2, 0.25) is 0 Å². The van der Waals surface area contributed by atoms with Crippen LogP contribution in [0.4, 0.5) is 0 Å². The predicted molar refractivity (Wildman–Crippen MR) is 98.1 cm³/mol. The van der Waals surface area contributed by atoms with E-state index in [0.29, 0.717) is 5.12 Å². The van der Waals surface area contributed by atoms with Crippen LogP contribution in [0.5, 0.6) is 0 Å². The van der Waals surface area contributed by atoms with E-state index < -0.39 is 0 Å². The fourth-order valence-electron chi connectivity index (χ4n) is 2.70. The van der Waals surface area contributed by atoms with Gasteiger partial charge >= 0.3 is 0 Å². The molecule has 0 aliphatic rings. The highest BCUT2D eigenvalue weighted by Crippen LogP contribution is 2.14. The van der Waals surface area contributed by atoms with Crippen molar-refractivity contribution in [1.29, 1.82) is 0 Å². The normalized spacial score (nSPS) is 11.0. The Hall–Kier alpha value is 0.0200. The lowest BCUT2D eigenvalue weighted by Crippen LogP contribution is -1.92. The Balaban J connectivity index is 3.01. The Morgan fingerprint density at radius 3 is 1.38 bits per heavy atom. The lowest BCUT2D eigenvalue weighted by molar-refractivity contribution is -0.111. The third-order valence-electron chi connectivity index (χ3n) is 4.04. The molecular formula is C19H38OS. The van der Waals surface area contributed by atoms with Crippen molar-refractivity contribution in [3.8, 4) is 0 Å². The largest absolute Gasteiger partial charge is 0.287 e. The summed E-state index contributed by atoms with van der Waals surface area (Å²) >= 11 is 1.48.